The van der Waals surface area contributed by atoms with E-state index < -0.39 is 12.0 Å². The average Bonchev–Trinajstić information content (AvgIpc) is 2.87. The van der Waals surface area contributed by atoms with Gasteiger partial charge in [0.1, 0.15) is 6.54 Å². The predicted octanol–water partition coefficient (Wildman–Crippen LogP) is 3.73. The fourth-order valence-corrected chi connectivity index (χ4v) is 4.33. The highest BCUT2D eigenvalue weighted by atomic mass is 35.5. The molecular weight excluding hydrogens is 306 g/mol. The molecule has 21 heavy (non-hydrogen) atoms. The Morgan fingerprint density at radius 3 is 2.86 bits per heavy atom. The third-order valence-electron chi connectivity index (χ3n) is 4.28. The van der Waals surface area contributed by atoms with Crippen LogP contribution >= 0.6 is 22.9 Å². The van der Waals surface area contributed by atoms with Gasteiger partial charge in [-0.15, -0.1) is 11.3 Å². The molecule has 110 valence electrons. The fourth-order valence-electron chi connectivity index (χ4n) is 3.21. The van der Waals surface area contributed by atoms with E-state index in [9.17, 15) is 9.90 Å². The van der Waals surface area contributed by atoms with E-state index >= 15 is 0 Å². The van der Waals surface area contributed by atoms with Gasteiger partial charge in [0.15, 0.2) is 0 Å². The van der Waals surface area contributed by atoms with E-state index in [1.54, 1.807) is 17.4 Å². The summed E-state index contributed by atoms with van der Waals surface area (Å²) in [6, 6.07) is 8.75. The normalized spacial score (nSPS) is 22.6. The fraction of sp³-hybridized carbons (Fsp3) is 0.312. The van der Waals surface area contributed by atoms with Gasteiger partial charge in [0.05, 0.1) is 18.6 Å². The highest BCUT2D eigenvalue weighted by Crippen LogP contribution is 2.38. The van der Waals surface area contributed by atoms with E-state index in [1.165, 1.54) is 10.4 Å². The molecule has 0 spiro atoms. The van der Waals surface area contributed by atoms with Crippen molar-refractivity contribution in [2.45, 2.75) is 19.0 Å². The van der Waals surface area contributed by atoms with E-state index in [2.05, 4.69) is 11.4 Å². The summed E-state index contributed by atoms with van der Waals surface area (Å²) in [6.45, 7) is 1.55. The Labute approximate surface area is 133 Å². The van der Waals surface area contributed by atoms with Crippen molar-refractivity contribution in [2.75, 3.05) is 13.6 Å². The number of carboxylic acids is 1. The van der Waals surface area contributed by atoms with Crippen molar-refractivity contribution in [3.63, 3.8) is 0 Å². The van der Waals surface area contributed by atoms with Crippen molar-refractivity contribution in [3.05, 3.63) is 56.7 Å². The van der Waals surface area contributed by atoms with Crippen LogP contribution in [0.4, 0.5) is 0 Å². The Hall–Kier alpha value is -1.36. The van der Waals surface area contributed by atoms with Crippen molar-refractivity contribution in [1.29, 1.82) is 0 Å². The molecule has 2 heterocycles. The van der Waals surface area contributed by atoms with Gasteiger partial charge in [-0.05, 0) is 17.5 Å². The molecular formula is C16H17ClNO2S+. The molecule has 1 aliphatic rings. The van der Waals surface area contributed by atoms with E-state index in [1.807, 2.05) is 25.2 Å². The van der Waals surface area contributed by atoms with Gasteiger partial charge < -0.3 is 9.59 Å². The lowest BCUT2D eigenvalue weighted by Crippen LogP contribution is -2.52. The molecule has 0 saturated carbocycles. The quantitative estimate of drug-likeness (QED) is 0.874. The van der Waals surface area contributed by atoms with Crippen LogP contribution in [0.15, 0.2) is 35.7 Å². The number of likely N-dealkylation sites (N-methyl/N-ethyl adjacent to an activating group) is 1. The molecule has 3 rings (SSSR count). The van der Waals surface area contributed by atoms with Crippen molar-refractivity contribution >= 4 is 28.9 Å². The summed E-state index contributed by atoms with van der Waals surface area (Å²) >= 11 is 8.01. The third kappa shape index (κ3) is 2.59. The van der Waals surface area contributed by atoms with Crippen molar-refractivity contribution in [2.24, 2.45) is 0 Å². The van der Waals surface area contributed by atoms with E-state index in [4.69, 9.17) is 11.6 Å². The summed E-state index contributed by atoms with van der Waals surface area (Å²) in [5.74, 6) is -0.815. The largest absolute Gasteiger partial charge is 0.477 e. The zero-order valence-corrected chi connectivity index (χ0v) is 13.3. The predicted molar refractivity (Wildman–Crippen MR) is 84.6 cm³/mol. The van der Waals surface area contributed by atoms with Crippen molar-refractivity contribution in [1.82, 2.24) is 0 Å². The van der Waals surface area contributed by atoms with Crippen LogP contribution in [0, 0.1) is 0 Å². The number of aliphatic carboxylic acids is 1. The van der Waals surface area contributed by atoms with E-state index in [0.717, 1.165) is 19.5 Å². The summed E-state index contributed by atoms with van der Waals surface area (Å²) in [4.78, 5) is 13.3. The second-order valence-electron chi connectivity index (χ2n) is 5.74. The number of carbonyl (C=O) groups is 1. The zero-order valence-electron chi connectivity index (χ0n) is 11.8. The highest BCUT2D eigenvalue weighted by molar-refractivity contribution is 7.10. The Morgan fingerprint density at radius 1 is 1.38 bits per heavy atom. The van der Waals surface area contributed by atoms with E-state index in [-0.39, 0.29) is 0 Å². The van der Waals surface area contributed by atoms with Gasteiger partial charge in [-0.3, -0.25) is 0 Å². The molecule has 0 aliphatic carbocycles. The molecule has 2 aromatic rings. The van der Waals surface area contributed by atoms with Crippen LogP contribution in [0.1, 0.15) is 22.0 Å². The van der Waals surface area contributed by atoms with Gasteiger partial charge in [0.2, 0.25) is 6.04 Å². The summed E-state index contributed by atoms with van der Waals surface area (Å²) in [6.07, 6.45) is 0.928. The Morgan fingerprint density at radius 2 is 2.14 bits per heavy atom. The van der Waals surface area contributed by atoms with Gasteiger partial charge >= 0.3 is 5.97 Å². The smallest absolute Gasteiger partial charge is 0.367 e. The van der Waals surface area contributed by atoms with Crippen LogP contribution in [0.3, 0.4) is 0 Å². The average molecular weight is 323 g/mol. The molecule has 2 atom stereocenters. The lowest BCUT2D eigenvalue weighted by atomic mass is 9.98. The number of nitrogens with zero attached hydrogens (tertiary/aromatic N) is 1. The number of quaternary nitrogens is 1. The van der Waals surface area contributed by atoms with Crippen LogP contribution in [0.25, 0.3) is 0 Å². The first-order chi connectivity index (χ1) is 10.0. The first-order valence-electron chi connectivity index (χ1n) is 6.88. The van der Waals surface area contributed by atoms with Crippen LogP contribution in [-0.4, -0.2) is 29.2 Å². The van der Waals surface area contributed by atoms with Crippen molar-refractivity contribution in [3.8, 4) is 0 Å². The van der Waals surface area contributed by atoms with Gasteiger partial charge in [-0.25, -0.2) is 4.79 Å². The van der Waals surface area contributed by atoms with Gasteiger partial charge in [0.25, 0.3) is 0 Å². The molecule has 0 saturated heterocycles. The number of halogens is 1. The molecule has 0 radical (unpaired) electrons. The minimum Gasteiger partial charge on any atom is -0.477 e. The third-order valence-corrected chi connectivity index (χ3v) is 5.64. The molecule has 0 bridgehead atoms. The second kappa shape index (κ2) is 5.44. The number of hydrogen-bond donors (Lipinski definition) is 1. The number of fused-ring (bicyclic) bond motifs is 1. The first-order valence-corrected chi connectivity index (χ1v) is 8.14. The monoisotopic (exact) mass is 322 g/mol. The molecule has 0 fully saturated rings. The maximum absolute atomic E-state index is 11.9. The Bertz CT molecular complexity index is 684. The van der Waals surface area contributed by atoms with Crippen LogP contribution < -0.4 is 0 Å². The number of hydrogen-bond acceptors (Lipinski definition) is 2. The number of thiophene rings is 1. The minimum atomic E-state index is -0.815. The zero-order chi connectivity index (χ0) is 15.0. The lowest BCUT2D eigenvalue weighted by molar-refractivity contribution is -0.945. The maximum Gasteiger partial charge on any atom is 0.367 e. The number of benzene rings is 1. The molecule has 1 aliphatic heterocycles. The summed E-state index contributed by atoms with van der Waals surface area (Å²) in [5.41, 5.74) is 1.97. The summed E-state index contributed by atoms with van der Waals surface area (Å²) in [5, 5.41) is 12.4. The molecule has 1 aromatic carbocycles. The SMILES string of the molecule is C[N+]1(C(C(=O)O)c2ccccc2Cl)CCc2sccc2C1. The lowest BCUT2D eigenvalue weighted by Gasteiger charge is -2.42. The van der Waals surface area contributed by atoms with Gasteiger partial charge in [0, 0.05) is 22.4 Å². The molecule has 1 N–H and O–H groups in total. The number of carboxylic acid groups (broad SMARTS) is 1. The maximum atomic E-state index is 11.9. The Kier molecular flexibility index (Phi) is 3.78. The van der Waals surface area contributed by atoms with Gasteiger partial charge in [-0.2, -0.15) is 0 Å². The number of rotatable bonds is 3. The van der Waals surface area contributed by atoms with Gasteiger partial charge in [-0.1, -0.05) is 29.8 Å². The standard InChI is InChI=1S/C16H16ClNO2S/c1-18(8-6-14-11(10-18)7-9-21-14)15(16(19)20)12-4-2-3-5-13(12)17/h2-5,7,9,15H,6,8,10H2,1H3/p+1. The summed E-state index contributed by atoms with van der Waals surface area (Å²) in [7, 11) is 2.02. The van der Waals surface area contributed by atoms with Crippen molar-refractivity contribution < 1.29 is 14.4 Å². The summed E-state index contributed by atoms with van der Waals surface area (Å²) < 4.78 is 0.461. The van der Waals surface area contributed by atoms with E-state index in [0.29, 0.717) is 15.1 Å². The van der Waals surface area contributed by atoms with Crippen LogP contribution in [-0.2, 0) is 17.8 Å². The molecule has 3 nitrogen and oxygen atoms in total. The second-order valence-corrected chi connectivity index (χ2v) is 7.15. The Balaban J connectivity index is 2.03. The highest BCUT2D eigenvalue weighted by Gasteiger charge is 2.43. The molecule has 1 aromatic heterocycles. The molecule has 0 amide bonds. The minimum absolute atomic E-state index is 0.461. The molecule has 2 unspecified atom stereocenters. The first kappa shape index (κ1) is 14.6. The van der Waals surface area contributed by atoms with Crippen LogP contribution in [0.2, 0.25) is 5.02 Å². The topological polar surface area (TPSA) is 37.3 Å². The molecule has 5 heteroatoms. The van der Waals surface area contributed by atoms with Crippen LogP contribution in [0.5, 0.6) is 0 Å².